The van der Waals surface area contributed by atoms with Gasteiger partial charge < -0.3 is 15.1 Å². The van der Waals surface area contributed by atoms with Gasteiger partial charge in [-0.3, -0.25) is 4.79 Å². The monoisotopic (exact) mass is 337 g/mol. The molecule has 3 aromatic rings. The molecule has 1 aromatic heterocycles. The van der Waals surface area contributed by atoms with Crippen LogP contribution in [0.4, 0.5) is 0 Å². The highest BCUT2D eigenvalue weighted by Gasteiger charge is 2.27. The van der Waals surface area contributed by atoms with E-state index in [9.17, 15) is 9.59 Å². The first-order chi connectivity index (χ1) is 12.1. The highest BCUT2D eigenvalue weighted by atomic mass is 16.4. The van der Waals surface area contributed by atoms with Gasteiger partial charge in [-0.1, -0.05) is 30.3 Å². The molecule has 5 heteroatoms. The van der Waals surface area contributed by atoms with Crippen LogP contribution in [0.25, 0.3) is 21.7 Å². The van der Waals surface area contributed by atoms with E-state index in [1.807, 2.05) is 24.3 Å². The van der Waals surface area contributed by atoms with Crippen molar-refractivity contribution < 1.29 is 14.1 Å². The van der Waals surface area contributed by atoms with Gasteiger partial charge in [0.25, 0.3) is 0 Å². The van der Waals surface area contributed by atoms with Gasteiger partial charge in [-0.2, -0.15) is 0 Å². The van der Waals surface area contributed by atoms with Crippen LogP contribution in [-0.2, 0) is 11.3 Å². The van der Waals surface area contributed by atoms with Crippen LogP contribution in [0.3, 0.4) is 0 Å². The molecular formula is C20H21N2O3+. The minimum absolute atomic E-state index is 0.0770. The Morgan fingerprint density at radius 3 is 2.92 bits per heavy atom. The molecule has 1 aliphatic heterocycles. The summed E-state index contributed by atoms with van der Waals surface area (Å²) < 4.78 is 5.42. The van der Waals surface area contributed by atoms with Crippen LogP contribution in [0.1, 0.15) is 18.4 Å². The predicted molar refractivity (Wildman–Crippen MR) is 96.3 cm³/mol. The normalized spacial score (nSPS) is 20.8. The van der Waals surface area contributed by atoms with Gasteiger partial charge in [0.05, 0.1) is 19.0 Å². The number of fused-ring (bicyclic) bond motifs is 3. The third-order valence-corrected chi connectivity index (χ3v) is 5.18. The fraction of sp³-hybridized carbons (Fsp3) is 0.300. The van der Waals surface area contributed by atoms with E-state index in [1.54, 1.807) is 6.07 Å². The average Bonchev–Trinajstić information content (AvgIpc) is 2.61. The van der Waals surface area contributed by atoms with Gasteiger partial charge in [0.2, 0.25) is 5.91 Å². The van der Waals surface area contributed by atoms with Crippen LogP contribution in [0.15, 0.2) is 51.7 Å². The second-order valence-electron chi connectivity index (χ2n) is 6.87. The standard InChI is InChI=1S/C20H20N2O3/c21-20(24)14-5-3-9-22(11-14)12-15-10-18(23)25-17-8-7-13-4-1-2-6-16(13)19(15)17/h1-2,4,6-8,10,14H,3,5,9,11-12H2,(H2,21,24)/p+1/t14-/m1/s1. The maximum absolute atomic E-state index is 12.0. The lowest BCUT2D eigenvalue weighted by molar-refractivity contribution is -0.920. The molecule has 1 unspecified atom stereocenters. The molecule has 1 amide bonds. The van der Waals surface area contributed by atoms with Crippen molar-refractivity contribution in [3.63, 3.8) is 0 Å². The molecule has 0 radical (unpaired) electrons. The van der Waals surface area contributed by atoms with E-state index in [2.05, 4.69) is 12.1 Å². The van der Waals surface area contributed by atoms with Crippen molar-refractivity contribution in [2.75, 3.05) is 13.1 Å². The topological polar surface area (TPSA) is 77.7 Å². The summed E-state index contributed by atoms with van der Waals surface area (Å²) in [5.41, 5.74) is 6.75. The highest BCUT2D eigenvalue weighted by Crippen LogP contribution is 2.27. The number of rotatable bonds is 3. The second kappa shape index (κ2) is 6.33. The van der Waals surface area contributed by atoms with Crippen molar-refractivity contribution in [2.24, 2.45) is 11.7 Å². The van der Waals surface area contributed by atoms with Crippen molar-refractivity contribution in [1.82, 2.24) is 0 Å². The highest BCUT2D eigenvalue weighted by molar-refractivity contribution is 6.06. The van der Waals surface area contributed by atoms with E-state index in [0.29, 0.717) is 12.1 Å². The van der Waals surface area contributed by atoms with Crippen LogP contribution in [0.5, 0.6) is 0 Å². The molecule has 128 valence electrons. The Morgan fingerprint density at radius 1 is 1.24 bits per heavy atom. The number of benzene rings is 2. The lowest BCUT2D eigenvalue weighted by Crippen LogP contribution is -3.12. The van der Waals surface area contributed by atoms with Crippen molar-refractivity contribution in [1.29, 1.82) is 0 Å². The first-order valence-electron chi connectivity index (χ1n) is 8.69. The van der Waals surface area contributed by atoms with E-state index < -0.39 is 0 Å². The maximum Gasteiger partial charge on any atom is 0.336 e. The number of quaternary nitrogens is 1. The van der Waals surface area contributed by atoms with E-state index >= 15 is 0 Å². The molecule has 4 rings (SSSR count). The summed E-state index contributed by atoms with van der Waals surface area (Å²) in [7, 11) is 0. The molecule has 25 heavy (non-hydrogen) atoms. The molecule has 0 aliphatic carbocycles. The van der Waals surface area contributed by atoms with Gasteiger partial charge in [0, 0.05) is 17.0 Å². The largest absolute Gasteiger partial charge is 0.423 e. The van der Waals surface area contributed by atoms with Gasteiger partial charge >= 0.3 is 5.63 Å². The van der Waals surface area contributed by atoms with Gasteiger partial charge in [0.15, 0.2) is 0 Å². The Labute approximate surface area is 145 Å². The summed E-state index contributed by atoms with van der Waals surface area (Å²) in [4.78, 5) is 24.8. The molecule has 1 saturated heterocycles. The number of likely N-dealkylation sites (tertiary alicyclic amines) is 1. The van der Waals surface area contributed by atoms with Crippen molar-refractivity contribution in [3.05, 3.63) is 58.4 Å². The molecule has 2 aromatic carbocycles. The fourth-order valence-electron chi connectivity index (χ4n) is 3.98. The van der Waals surface area contributed by atoms with Crippen molar-refractivity contribution in [2.45, 2.75) is 19.4 Å². The molecule has 1 fully saturated rings. The van der Waals surface area contributed by atoms with Crippen LogP contribution in [0.2, 0.25) is 0 Å². The van der Waals surface area contributed by atoms with Crippen LogP contribution in [0, 0.1) is 5.92 Å². The number of primary amides is 1. The zero-order valence-corrected chi connectivity index (χ0v) is 14.0. The number of amides is 1. The van der Waals surface area contributed by atoms with E-state index in [1.165, 1.54) is 4.90 Å². The van der Waals surface area contributed by atoms with Gasteiger partial charge in [0.1, 0.15) is 12.1 Å². The smallest absolute Gasteiger partial charge is 0.336 e. The van der Waals surface area contributed by atoms with Crippen LogP contribution in [-0.4, -0.2) is 19.0 Å². The number of carbonyl (C=O) groups excluding carboxylic acids is 1. The Hall–Kier alpha value is -2.66. The molecule has 0 bridgehead atoms. The first-order valence-corrected chi connectivity index (χ1v) is 8.69. The number of nitrogens with two attached hydrogens (primary N) is 1. The SMILES string of the molecule is NC(=O)[C@@H]1CCC[NH+](Cc2cc(=O)oc3ccc4ccccc4c23)C1. The van der Waals surface area contributed by atoms with Gasteiger partial charge in [-0.15, -0.1) is 0 Å². The Morgan fingerprint density at radius 2 is 2.08 bits per heavy atom. The van der Waals surface area contributed by atoms with Crippen molar-refractivity contribution in [3.8, 4) is 0 Å². The molecule has 0 saturated carbocycles. The lowest BCUT2D eigenvalue weighted by Gasteiger charge is -2.28. The van der Waals surface area contributed by atoms with E-state index in [0.717, 1.165) is 47.7 Å². The predicted octanol–water partition coefficient (Wildman–Crippen LogP) is 1.23. The Balaban J connectivity index is 1.79. The molecule has 3 N–H and O–H groups in total. The van der Waals surface area contributed by atoms with Crippen LogP contribution >= 0.6 is 0 Å². The maximum atomic E-state index is 12.0. The summed E-state index contributed by atoms with van der Waals surface area (Å²) >= 11 is 0. The Bertz CT molecular complexity index is 1010. The average molecular weight is 337 g/mol. The zero-order chi connectivity index (χ0) is 17.4. The molecule has 2 heterocycles. The van der Waals surface area contributed by atoms with Crippen LogP contribution < -0.4 is 16.3 Å². The third-order valence-electron chi connectivity index (χ3n) is 5.18. The molecule has 1 aliphatic rings. The minimum atomic E-state index is -0.333. The van der Waals surface area contributed by atoms with Gasteiger partial charge in [-0.05, 0) is 29.7 Å². The molecule has 0 spiro atoms. The number of hydrogen-bond donors (Lipinski definition) is 2. The summed E-state index contributed by atoms with van der Waals surface area (Å²) in [6.07, 6.45) is 1.84. The summed E-state index contributed by atoms with van der Waals surface area (Å²) in [6.45, 7) is 2.40. The summed E-state index contributed by atoms with van der Waals surface area (Å²) in [6, 6.07) is 13.5. The Kier molecular flexibility index (Phi) is 4.01. The lowest BCUT2D eigenvalue weighted by atomic mass is 9.96. The van der Waals surface area contributed by atoms with E-state index in [4.69, 9.17) is 10.2 Å². The molecule has 5 nitrogen and oxygen atoms in total. The minimum Gasteiger partial charge on any atom is -0.423 e. The summed E-state index contributed by atoms with van der Waals surface area (Å²) in [5.74, 6) is -0.299. The number of nitrogens with one attached hydrogen (secondary N) is 1. The zero-order valence-electron chi connectivity index (χ0n) is 14.0. The molecule has 2 atom stereocenters. The quantitative estimate of drug-likeness (QED) is 0.557. The summed E-state index contributed by atoms with van der Waals surface area (Å²) in [5, 5.41) is 3.20. The number of carbonyl (C=O) groups is 1. The van der Waals surface area contributed by atoms with Crippen molar-refractivity contribution >= 4 is 27.6 Å². The van der Waals surface area contributed by atoms with Gasteiger partial charge in [-0.25, -0.2) is 4.79 Å². The fourth-order valence-corrected chi connectivity index (χ4v) is 3.98. The first kappa shape index (κ1) is 15.8. The second-order valence-corrected chi connectivity index (χ2v) is 6.87. The number of piperidine rings is 1. The number of hydrogen-bond acceptors (Lipinski definition) is 3. The third kappa shape index (κ3) is 3.03. The molecular weight excluding hydrogens is 316 g/mol. The van der Waals surface area contributed by atoms with E-state index in [-0.39, 0.29) is 17.5 Å².